The molecule has 1 atom stereocenters. The van der Waals surface area contributed by atoms with Gasteiger partial charge in [-0.2, -0.15) is 0 Å². The molecule has 0 spiro atoms. The van der Waals surface area contributed by atoms with Gasteiger partial charge in [0.25, 0.3) is 0 Å². The Hall–Kier alpha value is -0.960. The van der Waals surface area contributed by atoms with Crippen molar-refractivity contribution in [2.24, 2.45) is 0 Å². The van der Waals surface area contributed by atoms with Crippen LogP contribution in [0.5, 0.6) is 0 Å². The van der Waals surface area contributed by atoms with Gasteiger partial charge >= 0.3 is 5.97 Å². The van der Waals surface area contributed by atoms with Crippen LogP contribution in [-0.4, -0.2) is 23.1 Å². The second kappa shape index (κ2) is 4.16. The van der Waals surface area contributed by atoms with Gasteiger partial charge in [-0.3, -0.25) is 0 Å². The molecule has 1 unspecified atom stereocenters. The molecular formula is C9H11O2S+. The fourth-order valence-corrected chi connectivity index (χ4v) is 2.08. The van der Waals surface area contributed by atoms with Gasteiger partial charge in [-0.25, -0.2) is 4.79 Å². The Kier molecular flexibility index (Phi) is 3.17. The number of carboxylic acid groups (broad SMARTS) is 1. The van der Waals surface area contributed by atoms with Crippen molar-refractivity contribution < 1.29 is 9.90 Å². The highest BCUT2D eigenvalue weighted by Gasteiger charge is 2.18. The van der Waals surface area contributed by atoms with Gasteiger partial charge in [0.1, 0.15) is 6.26 Å². The zero-order valence-corrected chi connectivity index (χ0v) is 7.67. The van der Waals surface area contributed by atoms with Crippen molar-refractivity contribution in [3.8, 4) is 0 Å². The van der Waals surface area contributed by atoms with Crippen LogP contribution in [0, 0.1) is 0 Å². The van der Waals surface area contributed by atoms with Gasteiger partial charge in [-0.15, -0.1) is 0 Å². The first-order valence-corrected chi connectivity index (χ1v) is 5.40. The predicted molar refractivity (Wildman–Crippen MR) is 50.5 cm³/mol. The summed E-state index contributed by atoms with van der Waals surface area (Å²) in [6, 6.07) is 9.72. The average molecular weight is 183 g/mol. The third-order valence-corrected chi connectivity index (χ3v) is 3.24. The van der Waals surface area contributed by atoms with Crippen LogP contribution in [0.15, 0.2) is 35.2 Å². The zero-order valence-electron chi connectivity index (χ0n) is 6.86. The minimum Gasteiger partial charge on any atom is -0.478 e. The summed E-state index contributed by atoms with van der Waals surface area (Å²) in [4.78, 5) is 11.5. The first kappa shape index (κ1) is 9.13. The van der Waals surface area contributed by atoms with Gasteiger partial charge in [-0.1, -0.05) is 18.2 Å². The molecule has 0 radical (unpaired) electrons. The molecule has 0 aromatic heterocycles. The molecule has 0 fully saturated rings. The maximum Gasteiger partial charge on any atom is 0.354 e. The summed E-state index contributed by atoms with van der Waals surface area (Å²) in [6.45, 7) is 0. The molecule has 12 heavy (non-hydrogen) atoms. The van der Waals surface area contributed by atoms with Crippen molar-refractivity contribution in [1.29, 1.82) is 0 Å². The first-order chi connectivity index (χ1) is 5.70. The molecule has 64 valence electrons. The third kappa shape index (κ3) is 2.58. The highest BCUT2D eigenvalue weighted by atomic mass is 32.2. The highest BCUT2D eigenvalue weighted by molar-refractivity contribution is 7.96. The SMILES string of the molecule is C[S+](CC(=O)O)c1ccccc1. The lowest BCUT2D eigenvalue weighted by Gasteiger charge is -1.97. The van der Waals surface area contributed by atoms with Crippen LogP contribution in [0.2, 0.25) is 0 Å². The molecule has 0 aliphatic heterocycles. The molecule has 3 heteroatoms. The van der Waals surface area contributed by atoms with E-state index in [1.165, 1.54) is 0 Å². The van der Waals surface area contributed by atoms with E-state index in [1.54, 1.807) is 0 Å². The topological polar surface area (TPSA) is 37.3 Å². The normalized spacial score (nSPS) is 12.4. The van der Waals surface area contributed by atoms with Gasteiger partial charge < -0.3 is 5.11 Å². The second-order valence-electron chi connectivity index (χ2n) is 2.49. The zero-order chi connectivity index (χ0) is 8.97. The van der Waals surface area contributed by atoms with Crippen LogP contribution in [0.1, 0.15) is 0 Å². The van der Waals surface area contributed by atoms with E-state index < -0.39 is 5.97 Å². The van der Waals surface area contributed by atoms with Crippen LogP contribution in [0.25, 0.3) is 0 Å². The van der Waals surface area contributed by atoms with Crippen molar-refractivity contribution >= 4 is 16.9 Å². The fourth-order valence-electron chi connectivity index (χ4n) is 0.921. The van der Waals surface area contributed by atoms with Gasteiger partial charge in [-0.05, 0) is 12.1 Å². The third-order valence-electron chi connectivity index (χ3n) is 1.49. The van der Waals surface area contributed by atoms with Crippen molar-refractivity contribution in [3.63, 3.8) is 0 Å². The molecule has 0 aliphatic rings. The minimum atomic E-state index is -0.732. The number of hydrogen-bond acceptors (Lipinski definition) is 1. The lowest BCUT2D eigenvalue weighted by Crippen LogP contribution is -2.14. The Morgan fingerprint density at radius 3 is 2.50 bits per heavy atom. The highest BCUT2D eigenvalue weighted by Crippen LogP contribution is 2.09. The maximum absolute atomic E-state index is 10.4. The molecule has 1 aromatic carbocycles. The summed E-state index contributed by atoms with van der Waals surface area (Å²) in [5.41, 5.74) is 0. The number of carbonyl (C=O) groups is 1. The van der Waals surface area contributed by atoms with Crippen LogP contribution < -0.4 is 0 Å². The quantitative estimate of drug-likeness (QED) is 0.719. The molecular weight excluding hydrogens is 172 g/mol. The number of benzene rings is 1. The van der Waals surface area contributed by atoms with Crippen LogP contribution in [0.4, 0.5) is 0 Å². The molecule has 2 nitrogen and oxygen atoms in total. The summed E-state index contributed by atoms with van der Waals surface area (Å²) >= 11 is 0. The molecule has 0 aliphatic carbocycles. The number of rotatable bonds is 3. The van der Waals surface area contributed by atoms with Gasteiger partial charge in [0.15, 0.2) is 4.90 Å². The van der Waals surface area contributed by atoms with Crippen LogP contribution in [-0.2, 0) is 15.7 Å². The largest absolute Gasteiger partial charge is 0.478 e. The standard InChI is InChI=1S/C9H10O2S/c1-12(7-9(10)11)8-5-3-2-4-6-8/h2-6H,7H2,1H3/p+1. The maximum atomic E-state index is 10.4. The van der Waals surface area contributed by atoms with Crippen LogP contribution in [0.3, 0.4) is 0 Å². The minimum absolute atomic E-state index is 0.163. The van der Waals surface area contributed by atoms with E-state index in [0.717, 1.165) is 4.90 Å². The predicted octanol–water partition coefficient (Wildman–Crippen LogP) is 1.38. The Balaban J connectivity index is 2.65. The van der Waals surface area contributed by atoms with Crippen LogP contribution >= 0.6 is 0 Å². The summed E-state index contributed by atoms with van der Waals surface area (Å²) < 4.78 is 0. The monoisotopic (exact) mass is 183 g/mol. The lowest BCUT2D eigenvalue weighted by molar-refractivity contribution is -0.133. The van der Waals surface area contributed by atoms with Gasteiger partial charge in [0, 0.05) is 10.9 Å². The van der Waals surface area contributed by atoms with Crippen molar-refractivity contribution in [1.82, 2.24) is 0 Å². The van der Waals surface area contributed by atoms with E-state index in [0.29, 0.717) is 0 Å². The second-order valence-corrected chi connectivity index (χ2v) is 4.52. The van der Waals surface area contributed by atoms with E-state index in [1.807, 2.05) is 36.6 Å². The van der Waals surface area contributed by atoms with Crippen molar-refractivity contribution in [3.05, 3.63) is 30.3 Å². The molecule has 1 N–H and O–H groups in total. The molecule has 0 heterocycles. The Morgan fingerprint density at radius 1 is 1.42 bits per heavy atom. The lowest BCUT2D eigenvalue weighted by atomic mass is 10.4. The first-order valence-electron chi connectivity index (χ1n) is 3.59. The summed E-state index contributed by atoms with van der Waals surface area (Å²) in [5, 5.41) is 8.55. The van der Waals surface area contributed by atoms with E-state index in [9.17, 15) is 4.79 Å². The summed E-state index contributed by atoms with van der Waals surface area (Å²) in [6.07, 6.45) is 1.95. The molecule has 0 bridgehead atoms. The van der Waals surface area contributed by atoms with E-state index in [4.69, 9.17) is 5.11 Å². The number of aliphatic carboxylic acids is 1. The molecule has 1 aromatic rings. The summed E-state index contributed by atoms with van der Waals surface area (Å²) in [7, 11) is -0.163. The molecule has 0 saturated carbocycles. The fraction of sp³-hybridized carbons (Fsp3) is 0.222. The molecule has 1 rings (SSSR count). The number of hydrogen-bond donors (Lipinski definition) is 1. The smallest absolute Gasteiger partial charge is 0.354 e. The summed E-state index contributed by atoms with van der Waals surface area (Å²) in [5.74, 6) is -0.506. The van der Waals surface area contributed by atoms with Gasteiger partial charge in [0.2, 0.25) is 5.75 Å². The van der Waals surface area contributed by atoms with E-state index in [-0.39, 0.29) is 16.6 Å². The molecule has 0 amide bonds. The van der Waals surface area contributed by atoms with Gasteiger partial charge in [0.05, 0.1) is 0 Å². The van der Waals surface area contributed by atoms with Crippen molar-refractivity contribution in [2.75, 3.05) is 12.0 Å². The van der Waals surface area contributed by atoms with E-state index >= 15 is 0 Å². The Bertz CT molecular complexity index is 258. The molecule has 0 saturated heterocycles. The number of carboxylic acids is 1. The average Bonchev–Trinajstić information content (AvgIpc) is 2.05. The Labute approximate surface area is 74.6 Å². The van der Waals surface area contributed by atoms with Crippen molar-refractivity contribution in [2.45, 2.75) is 4.90 Å². The van der Waals surface area contributed by atoms with E-state index in [2.05, 4.69) is 0 Å². The Morgan fingerprint density at radius 2 is 2.00 bits per heavy atom.